The Bertz CT molecular complexity index is 107. The maximum absolute atomic E-state index is 5.92. The molecule has 0 heterocycles. The van der Waals surface area contributed by atoms with Gasteiger partial charge >= 0.3 is 0 Å². The van der Waals surface area contributed by atoms with Crippen molar-refractivity contribution in [1.82, 2.24) is 0 Å². The molecule has 0 amide bonds. The summed E-state index contributed by atoms with van der Waals surface area (Å²) in [7, 11) is 0. The predicted molar refractivity (Wildman–Crippen MR) is 44.7 cm³/mol. The third-order valence-electron chi connectivity index (χ3n) is 2.99. The Balaban J connectivity index is 2.27. The summed E-state index contributed by atoms with van der Waals surface area (Å²) in [4.78, 5) is 0. The van der Waals surface area contributed by atoms with Crippen LogP contribution in [-0.2, 0) is 0 Å². The lowest BCUT2D eigenvalue weighted by atomic mass is 9.94. The second kappa shape index (κ2) is 2.91. The molecular weight excluding hydrogens is 122 g/mol. The van der Waals surface area contributed by atoms with Gasteiger partial charge in [0.25, 0.3) is 0 Å². The number of rotatable bonds is 3. The van der Waals surface area contributed by atoms with E-state index in [0.717, 1.165) is 24.2 Å². The summed E-state index contributed by atoms with van der Waals surface area (Å²) < 4.78 is 0. The fraction of sp³-hybridized carbons (Fsp3) is 1.00. The molecule has 0 aliphatic heterocycles. The highest BCUT2D eigenvalue weighted by atomic mass is 14.7. The predicted octanol–water partition coefficient (Wildman–Crippen LogP) is 2.02. The molecule has 1 aliphatic rings. The molecule has 1 nitrogen and oxygen atoms in total. The van der Waals surface area contributed by atoms with Gasteiger partial charge in [-0.15, -0.1) is 0 Å². The van der Waals surface area contributed by atoms with Crippen LogP contribution in [0, 0.1) is 17.8 Å². The fourth-order valence-electron chi connectivity index (χ4n) is 1.77. The molecule has 1 fully saturated rings. The quantitative estimate of drug-likeness (QED) is 0.639. The molecule has 4 unspecified atom stereocenters. The first kappa shape index (κ1) is 8.06. The van der Waals surface area contributed by atoms with Crippen molar-refractivity contribution in [3.63, 3.8) is 0 Å². The van der Waals surface area contributed by atoms with E-state index in [1.807, 2.05) is 0 Å². The van der Waals surface area contributed by atoms with Crippen LogP contribution in [-0.4, -0.2) is 6.04 Å². The minimum absolute atomic E-state index is 0.440. The molecule has 1 aliphatic carbocycles. The van der Waals surface area contributed by atoms with Gasteiger partial charge in [-0.1, -0.05) is 20.8 Å². The second-order valence-electron chi connectivity index (χ2n) is 3.81. The summed E-state index contributed by atoms with van der Waals surface area (Å²) >= 11 is 0. The van der Waals surface area contributed by atoms with E-state index >= 15 is 0 Å². The van der Waals surface area contributed by atoms with Crippen LogP contribution in [0.4, 0.5) is 0 Å². The van der Waals surface area contributed by atoms with Crippen molar-refractivity contribution < 1.29 is 0 Å². The Labute approximate surface area is 64.0 Å². The van der Waals surface area contributed by atoms with Gasteiger partial charge < -0.3 is 5.73 Å². The van der Waals surface area contributed by atoms with Gasteiger partial charge in [0.15, 0.2) is 0 Å². The third kappa shape index (κ3) is 1.51. The van der Waals surface area contributed by atoms with E-state index in [1.54, 1.807) is 0 Å². The van der Waals surface area contributed by atoms with E-state index in [9.17, 15) is 0 Å². The maximum Gasteiger partial charge on any atom is 0.00646 e. The summed E-state index contributed by atoms with van der Waals surface area (Å²) in [6, 6.07) is 0.440. The minimum Gasteiger partial charge on any atom is -0.327 e. The van der Waals surface area contributed by atoms with Crippen molar-refractivity contribution in [3.8, 4) is 0 Å². The normalized spacial score (nSPS) is 37.2. The Kier molecular flexibility index (Phi) is 2.35. The van der Waals surface area contributed by atoms with Crippen LogP contribution in [0.5, 0.6) is 0 Å². The smallest absolute Gasteiger partial charge is 0.00646 e. The Hall–Kier alpha value is -0.0400. The van der Waals surface area contributed by atoms with E-state index in [4.69, 9.17) is 5.73 Å². The Morgan fingerprint density at radius 1 is 1.60 bits per heavy atom. The molecule has 1 saturated carbocycles. The van der Waals surface area contributed by atoms with Crippen LogP contribution in [0.3, 0.4) is 0 Å². The van der Waals surface area contributed by atoms with Gasteiger partial charge in [-0.05, 0) is 30.6 Å². The van der Waals surface area contributed by atoms with Gasteiger partial charge in [-0.2, -0.15) is 0 Å². The molecule has 0 aromatic rings. The standard InChI is InChI=1S/C9H19N/c1-4-9(10)7(3)8-5-6(8)2/h6-9H,4-5,10H2,1-3H3. The zero-order valence-electron chi connectivity index (χ0n) is 7.30. The van der Waals surface area contributed by atoms with E-state index in [2.05, 4.69) is 20.8 Å². The summed E-state index contributed by atoms with van der Waals surface area (Å²) in [6.45, 7) is 6.79. The number of nitrogens with two attached hydrogens (primary N) is 1. The zero-order valence-corrected chi connectivity index (χ0v) is 7.30. The summed E-state index contributed by atoms with van der Waals surface area (Å²) in [6.07, 6.45) is 2.54. The molecular formula is C9H19N. The zero-order chi connectivity index (χ0) is 7.72. The highest BCUT2D eigenvalue weighted by molar-refractivity contribution is 4.90. The van der Waals surface area contributed by atoms with Crippen LogP contribution in [0.2, 0.25) is 0 Å². The van der Waals surface area contributed by atoms with Crippen LogP contribution in [0.25, 0.3) is 0 Å². The molecule has 1 rings (SSSR count). The van der Waals surface area contributed by atoms with Crippen molar-refractivity contribution in [2.24, 2.45) is 23.5 Å². The third-order valence-corrected chi connectivity index (χ3v) is 2.99. The van der Waals surface area contributed by atoms with E-state index in [-0.39, 0.29) is 0 Å². The van der Waals surface area contributed by atoms with Gasteiger partial charge in [0.2, 0.25) is 0 Å². The van der Waals surface area contributed by atoms with Crippen LogP contribution in [0.1, 0.15) is 33.6 Å². The highest BCUT2D eigenvalue weighted by Gasteiger charge is 2.38. The van der Waals surface area contributed by atoms with E-state index in [0.29, 0.717) is 6.04 Å². The van der Waals surface area contributed by atoms with Crippen LogP contribution in [0.15, 0.2) is 0 Å². The molecule has 1 heteroatoms. The fourth-order valence-corrected chi connectivity index (χ4v) is 1.77. The molecule has 2 N–H and O–H groups in total. The van der Waals surface area contributed by atoms with Crippen LogP contribution < -0.4 is 5.73 Å². The van der Waals surface area contributed by atoms with Crippen molar-refractivity contribution in [3.05, 3.63) is 0 Å². The lowest BCUT2D eigenvalue weighted by molar-refractivity contribution is 0.383. The monoisotopic (exact) mass is 141 g/mol. The van der Waals surface area contributed by atoms with Crippen LogP contribution >= 0.6 is 0 Å². The molecule has 0 spiro atoms. The van der Waals surface area contributed by atoms with Crippen molar-refractivity contribution in [1.29, 1.82) is 0 Å². The van der Waals surface area contributed by atoms with Gasteiger partial charge in [0.05, 0.1) is 0 Å². The summed E-state index contributed by atoms with van der Waals surface area (Å²) in [5.41, 5.74) is 5.92. The molecule has 10 heavy (non-hydrogen) atoms. The average molecular weight is 141 g/mol. The largest absolute Gasteiger partial charge is 0.327 e. The highest BCUT2D eigenvalue weighted by Crippen LogP contribution is 2.44. The molecule has 0 radical (unpaired) electrons. The molecule has 0 bridgehead atoms. The number of hydrogen-bond acceptors (Lipinski definition) is 1. The van der Waals surface area contributed by atoms with Crippen molar-refractivity contribution in [2.75, 3.05) is 0 Å². The number of hydrogen-bond donors (Lipinski definition) is 1. The van der Waals surface area contributed by atoms with Crippen molar-refractivity contribution in [2.45, 2.75) is 39.7 Å². The molecule has 60 valence electrons. The minimum atomic E-state index is 0.440. The first-order chi connectivity index (χ1) is 4.66. The Morgan fingerprint density at radius 2 is 2.10 bits per heavy atom. The lowest BCUT2D eigenvalue weighted by Crippen LogP contribution is -2.28. The van der Waals surface area contributed by atoms with Gasteiger partial charge in [0.1, 0.15) is 0 Å². The molecule has 0 aromatic carbocycles. The van der Waals surface area contributed by atoms with Gasteiger partial charge in [0, 0.05) is 6.04 Å². The Morgan fingerprint density at radius 3 is 2.40 bits per heavy atom. The van der Waals surface area contributed by atoms with Gasteiger partial charge in [-0.25, -0.2) is 0 Å². The molecule has 0 aromatic heterocycles. The van der Waals surface area contributed by atoms with E-state index < -0.39 is 0 Å². The van der Waals surface area contributed by atoms with Crippen molar-refractivity contribution >= 4 is 0 Å². The van der Waals surface area contributed by atoms with E-state index in [1.165, 1.54) is 6.42 Å². The lowest BCUT2D eigenvalue weighted by Gasteiger charge is -2.17. The maximum atomic E-state index is 5.92. The topological polar surface area (TPSA) is 26.0 Å². The first-order valence-corrected chi connectivity index (χ1v) is 4.42. The second-order valence-corrected chi connectivity index (χ2v) is 3.81. The summed E-state index contributed by atoms with van der Waals surface area (Å²) in [5, 5.41) is 0. The van der Waals surface area contributed by atoms with Gasteiger partial charge in [-0.3, -0.25) is 0 Å². The molecule has 0 saturated heterocycles. The summed E-state index contributed by atoms with van der Waals surface area (Å²) in [5.74, 6) is 2.64. The SMILES string of the molecule is CCC(N)C(C)C1CC1C. The first-order valence-electron chi connectivity index (χ1n) is 4.42. The average Bonchev–Trinajstić information content (AvgIpc) is 2.63. The molecule has 4 atom stereocenters.